The maximum absolute atomic E-state index is 2.39. The van der Waals surface area contributed by atoms with Gasteiger partial charge in [-0.3, -0.25) is 0 Å². The predicted octanol–water partition coefficient (Wildman–Crippen LogP) is 2.17. The molecule has 0 N–H and O–H groups in total. The van der Waals surface area contributed by atoms with E-state index in [2.05, 4.69) is 20.8 Å². The summed E-state index contributed by atoms with van der Waals surface area (Å²) in [6, 6.07) is 0. The van der Waals surface area contributed by atoms with E-state index < -0.39 is 0 Å². The molecule has 1 aliphatic carbocycles. The summed E-state index contributed by atoms with van der Waals surface area (Å²) in [6.07, 6.45) is 5.92. The normalized spacial score (nSPS) is 29.0. The molecule has 0 amide bonds. The Hall–Kier alpha value is 2.00. The number of rotatable bonds is 1. The molecule has 0 aliphatic heterocycles. The zero-order valence-corrected chi connectivity index (χ0v) is 7.56. The zero-order valence-electron chi connectivity index (χ0n) is 7.56. The van der Waals surface area contributed by atoms with Gasteiger partial charge in [0.15, 0.2) is 0 Å². The summed E-state index contributed by atoms with van der Waals surface area (Å²) in [7, 11) is 0. The van der Waals surface area contributed by atoms with Gasteiger partial charge in [-0.25, -0.2) is 0 Å². The molecule has 0 spiro atoms. The molecule has 0 aromatic carbocycles. The van der Waals surface area contributed by atoms with E-state index in [9.17, 15) is 0 Å². The van der Waals surface area contributed by atoms with Crippen LogP contribution >= 0.6 is 0 Å². The molecule has 0 aromatic heterocycles. The van der Waals surface area contributed by atoms with Crippen LogP contribution in [0.3, 0.4) is 0 Å². The Kier molecular flexibility index (Phi) is 11.4. The molecule has 12 heavy (non-hydrogen) atoms. The monoisotopic (exact) mass is 188 g/mol. The Morgan fingerprint density at radius 1 is 0.917 bits per heavy atom. The van der Waals surface area contributed by atoms with Gasteiger partial charge < -0.3 is 0 Å². The molecule has 1 rings (SSSR count). The number of hydrogen-bond donors (Lipinski definition) is 0. The van der Waals surface area contributed by atoms with E-state index >= 15 is 0 Å². The summed E-state index contributed by atoms with van der Waals surface area (Å²) in [5, 5.41) is 0. The van der Waals surface area contributed by atoms with Crippen LogP contribution in [0.1, 0.15) is 46.5 Å². The third-order valence-electron chi connectivity index (χ3n) is 3.00. The van der Waals surface area contributed by atoms with Crippen molar-refractivity contribution in [3.63, 3.8) is 0 Å². The van der Waals surface area contributed by atoms with Gasteiger partial charge in [0.2, 0.25) is 0 Å². The molecule has 64 valence electrons. The summed E-state index contributed by atoms with van der Waals surface area (Å²) >= 11 is 0. The van der Waals surface area contributed by atoms with Gasteiger partial charge in [-0.1, -0.05) is 33.6 Å². The van der Waals surface area contributed by atoms with Crippen LogP contribution in [0.2, 0.25) is 0 Å². The van der Waals surface area contributed by atoms with Gasteiger partial charge >= 0.3 is 59.1 Å². The first-order chi connectivity index (χ1) is 4.70. The minimum atomic E-state index is 0. The molecule has 0 unspecified atom stereocenters. The van der Waals surface area contributed by atoms with Crippen molar-refractivity contribution in [2.45, 2.75) is 46.5 Å². The molecule has 1 saturated carbocycles. The molecule has 0 heterocycles. The first-order valence-electron chi connectivity index (χ1n) is 4.70. The summed E-state index contributed by atoms with van der Waals surface area (Å²) in [5.74, 6) is 2.97. The third-order valence-corrected chi connectivity index (χ3v) is 3.00. The molecule has 2 heteroatoms. The first kappa shape index (κ1) is 16.4. The van der Waals surface area contributed by atoms with Crippen molar-refractivity contribution in [2.75, 3.05) is 0 Å². The third kappa shape index (κ3) is 5.67. The second-order valence-electron chi connectivity index (χ2n) is 4.26. The van der Waals surface area contributed by atoms with Gasteiger partial charge in [0.25, 0.3) is 0 Å². The quantitative estimate of drug-likeness (QED) is 0.553. The van der Waals surface area contributed by atoms with Crippen LogP contribution in [0, 0.1) is 17.8 Å². The molecule has 1 fully saturated rings. The standard InChI is InChI=1S/C10H20.2Na.2H/c1-8(2)10-6-4-9(3)5-7-10;;;;/h8-10H,4-7H2,1-3H3;;;;. The molecular weight excluding hydrogens is 166 g/mol. The van der Waals surface area contributed by atoms with Gasteiger partial charge in [0, 0.05) is 0 Å². The van der Waals surface area contributed by atoms with E-state index in [1.54, 1.807) is 0 Å². The average molecular weight is 188 g/mol. The summed E-state index contributed by atoms with van der Waals surface area (Å²) in [5.41, 5.74) is 0. The number of hydrogen-bond acceptors (Lipinski definition) is 0. The molecule has 0 bridgehead atoms. The van der Waals surface area contributed by atoms with E-state index in [0.29, 0.717) is 0 Å². The summed E-state index contributed by atoms with van der Waals surface area (Å²) in [6.45, 7) is 7.11. The van der Waals surface area contributed by atoms with Crippen molar-refractivity contribution in [1.29, 1.82) is 0 Å². The molecule has 0 saturated heterocycles. The van der Waals surface area contributed by atoms with E-state index in [0.717, 1.165) is 17.8 Å². The maximum atomic E-state index is 2.39. The predicted molar refractivity (Wildman–Crippen MR) is 60.3 cm³/mol. The Bertz CT molecular complexity index is 94.0. The van der Waals surface area contributed by atoms with Gasteiger partial charge in [-0.05, 0) is 30.6 Å². The second kappa shape index (κ2) is 8.32. The first-order valence-corrected chi connectivity index (χ1v) is 4.70. The van der Waals surface area contributed by atoms with E-state index in [-0.39, 0.29) is 59.1 Å². The summed E-state index contributed by atoms with van der Waals surface area (Å²) in [4.78, 5) is 0. The average Bonchev–Trinajstić information content (AvgIpc) is 1.88. The fraction of sp³-hybridized carbons (Fsp3) is 1.00. The molecule has 0 nitrogen and oxygen atoms in total. The van der Waals surface area contributed by atoms with Gasteiger partial charge in [-0.15, -0.1) is 0 Å². The molecule has 0 aromatic rings. The second-order valence-corrected chi connectivity index (χ2v) is 4.26. The molecular formula is C10H22Na2. The molecule has 0 radical (unpaired) electrons. The van der Waals surface area contributed by atoms with E-state index in [4.69, 9.17) is 0 Å². The zero-order chi connectivity index (χ0) is 7.56. The van der Waals surface area contributed by atoms with Crippen LogP contribution in [0.4, 0.5) is 0 Å². The minimum absolute atomic E-state index is 0. The van der Waals surface area contributed by atoms with Crippen LogP contribution in [-0.2, 0) is 0 Å². The van der Waals surface area contributed by atoms with Gasteiger partial charge in [-0.2, -0.15) is 0 Å². The van der Waals surface area contributed by atoms with Crippen molar-refractivity contribution >= 4 is 59.1 Å². The SMILES string of the molecule is CC1CCC(C(C)C)CC1.[NaH].[NaH]. The molecule has 1 aliphatic rings. The molecule has 0 atom stereocenters. The Balaban J connectivity index is 0. The van der Waals surface area contributed by atoms with Crippen LogP contribution in [0.25, 0.3) is 0 Å². The van der Waals surface area contributed by atoms with Gasteiger partial charge in [0.05, 0.1) is 0 Å². The van der Waals surface area contributed by atoms with Crippen LogP contribution < -0.4 is 0 Å². The Morgan fingerprint density at radius 2 is 1.33 bits per heavy atom. The fourth-order valence-corrected chi connectivity index (χ4v) is 1.95. The topological polar surface area (TPSA) is 0 Å². The van der Waals surface area contributed by atoms with Crippen molar-refractivity contribution in [1.82, 2.24) is 0 Å². The van der Waals surface area contributed by atoms with E-state index in [1.165, 1.54) is 25.7 Å². The Labute approximate surface area is 122 Å². The van der Waals surface area contributed by atoms with Crippen molar-refractivity contribution < 1.29 is 0 Å². The van der Waals surface area contributed by atoms with Crippen molar-refractivity contribution in [3.8, 4) is 0 Å². The van der Waals surface area contributed by atoms with Crippen LogP contribution in [0.5, 0.6) is 0 Å². The van der Waals surface area contributed by atoms with Gasteiger partial charge in [0.1, 0.15) is 0 Å². The van der Waals surface area contributed by atoms with E-state index in [1.807, 2.05) is 0 Å². The summed E-state index contributed by atoms with van der Waals surface area (Å²) < 4.78 is 0. The van der Waals surface area contributed by atoms with Crippen molar-refractivity contribution in [3.05, 3.63) is 0 Å². The van der Waals surface area contributed by atoms with Crippen molar-refractivity contribution in [2.24, 2.45) is 17.8 Å². The fourth-order valence-electron chi connectivity index (χ4n) is 1.95. The van der Waals surface area contributed by atoms with Crippen LogP contribution in [-0.4, -0.2) is 59.1 Å². The van der Waals surface area contributed by atoms with Crippen LogP contribution in [0.15, 0.2) is 0 Å². The Morgan fingerprint density at radius 3 is 1.67 bits per heavy atom.